The van der Waals surface area contributed by atoms with E-state index in [1.807, 2.05) is 0 Å². The van der Waals surface area contributed by atoms with Gasteiger partial charge in [0, 0.05) is 4.90 Å². The van der Waals surface area contributed by atoms with Gasteiger partial charge in [-0.25, -0.2) is 0 Å². The van der Waals surface area contributed by atoms with Crippen molar-refractivity contribution in [3.05, 3.63) is 29.8 Å². The first-order chi connectivity index (χ1) is 6.91. The van der Waals surface area contributed by atoms with Crippen LogP contribution in [0, 0.1) is 0 Å². The molecule has 0 aliphatic heterocycles. The van der Waals surface area contributed by atoms with Crippen LogP contribution < -0.4 is 5.73 Å². The number of nitrogens with two attached hydrogens (primary N) is 1. The van der Waals surface area contributed by atoms with Gasteiger partial charge in [0.2, 0.25) is 5.91 Å². The topological polar surface area (TPSA) is 43.1 Å². The quantitative estimate of drug-likeness (QED) is 0.817. The minimum absolute atomic E-state index is 0.0174. The predicted octanol–water partition coefficient (Wildman–Crippen LogP) is 2.28. The number of carbonyl (C=O) groups is 1. The zero-order chi connectivity index (χ0) is 11.5. The van der Waals surface area contributed by atoms with Gasteiger partial charge in [-0.3, -0.25) is 4.79 Å². The summed E-state index contributed by atoms with van der Waals surface area (Å²) in [5.74, 6) is -0.801. The maximum atomic E-state index is 12.4. The summed E-state index contributed by atoms with van der Waals surface area (Å²) in [5, 5.41) is 0. The number of rotatable bonds is 3. The molecular formula is C9H8F3NOS. The summed E-state index contributed by atoms with van der Waals surface area (Å²) in [4.78, 5) is 10.5. The monoisotopic (exact) mass is 235 g/mol. The molecule has 0 fully saturated rings. The highest BCUT2D eigenvalue weighted by Gasteiger charge is 2.33. The molecule has 82 valence electrons. The Bertz CT molecular complexity index is 365. The molecule has 0 aromatic heterocycles. The lowest BCUT2D eigenvalue weighted by Gasteiger charge is -2.11. The van der Waals surface area contributed by atoms with Gasteiger partial charge >= 0.3 is 6.18 Å². The van der Waals surface area contributed by atoms with Crippen LogP contribution in [-0.4, -0.2) is 11.7 Å². The number of alkyl halides is 3. The van der Waals surface area contributed by atoms with Crippen molar-refractivity contribution in [1.29, 1.82) is 0 Å². The van der Waals surface area contributed by atoms with E-state index in [1.54, 1.807) is 0 Å². The Kier molecular flexibility index (Phi) is 3.62. The maximum Gasteiger partial charge on any atom is 0.417 e. The van der Waals surface area contributed by atoms with Crippen molar-refractivity contribution in [1.82, 2.24) is 0 Å². The van der Waals surface area contributed by atoms with Crippen molar-refractivity contribution in [2.24, 2.45) is 5.73 Å². The highest BCUT2D eigenvalue weighted by atomic mass is 32.2. The molecule has 0 heterocycles. The predicted molar refractivity (Wildman–Crippen MR) is 51.4 cm³/mol. The summed E-state index contributed by atoms with van der Waals surface area (Å²) in [5.41, 5.74) is 4.12. The number of amides is 1. The van der Waals surface area contributed by atoms with E-state index >= 15 is 0 Å². The van der Waals surface area contributed by atoms with Crippen molar-refractivity contribution < 1.29 is 18.0 Å². The van der Waals surface area contributed by atoms with Gasteiger partial charge in [-0.1, -0.05) is 12.1 Å². The van der Waals surface area contributed by atoms with Gasteiger partial charge in [0.05, 0.1) is 11.3 Å². The van der Waals surface area contributed by atoms with E-state index in [9.17, 15) is 18.0 Å². The third kappa shape index (κ3) is 3.47. The summed E-state index contributed by atoms with van der Waals surface area (Å²) < 4.78 is 37.3. The van der Waals surface area contributed by atoms with Crippen LogP contribution in [0.25, 0.3) is 0 Å². The first-order valence-electron chi connectivity index (χ1n) is 3.98. The van der Waals surface area contributed by atoms with Crippen LogP contribution in [0.2, 0.25) is 0 Å². The van der Waals surface area contributed by atoms with E-state index in [-0.39, 0.29) is 10.6 Å². The number of thioether (sulfide) groups is 1. The molecule has 0 radical (unpaired) electrons. The maximum absolute atomic E-state index is 12.4. The zero-order valence-corrected chi connectivity index (χ0v) is 8.36. The molecular weight excluding hydrogens is 227 g/mol. The largest absolute Gasteiger partial charge is 0.417 e. The van der Waals surface area contributed by atoms with Gasteiger partial charge in [0.15, 0.2) is 0 Å². The molecule has 2 nitrogen and oxygen atoms in total. The molecule has 0 aliphatic carbocycles. The second-order valence-electron chi connectivity index (χ2n) is 2.75. The molecule has 0 unspecified atom stereocenters. The SMILES string of the molecule is NC(=O)CSc1ccccc1C(F)(F)F. The number of hydrogen-bond donors (Lipinski definition) is 1. The molecule has 1 aromatic rings. The summed E-state index contributed by atoms with van der Waals surface area (Å²) >= 11 is 0.787. The molecule has 0 spiro atoms. The van der Waals surface area contributed by atoms with Crippen LogP contribution in [0.5, 0.6) is 0 Å². The number of benzene rings is 1. The lowest BCUT2D eigenvalue weighted by molar-refractivity contribution is -0.139. The molecule has 1 rings (SSSR count). The molecule has 15 heavy (non-hydrogen) atoms. The van der Waals surface area contributed by atoms with Gasteiger partial charge in [0.25, 0.3) is 0 Å². The highest BCUT2D eigenvalue weighted by molar-refractivity contribution is 8.00. The lowest BCUT2D eigenvalue weighted by Crippen LogP contribution is -2.14. The molecule has 6 heteroatoms. The lowest BCUT2D eigenvalue weighted by atomic mass is 10.2. The van der Waals surface area contributed by atoms with Crippen molar-refractivity contribution in [3.63, 3.8) is 0 Å². The van der Waals surface area contributed by atoms with Gasteiger partial charge in [0.1, 0.15) is 0 Å². The third-order valence-corrected chi connectivity index (χ3v) is 2.66. The Morgan fingerprint density at radius 1 is 1.33 bits per heavy atom. The summed E-state index contributed by atoms with van der Waals surface area (Å²) in [7, 11) is 0. The third-order valence-electron chi connectivity index (χ3n) is 1.56. The molecule has 0 bridgehead atoms. The fraction of sp³-hybridized carbons (Fsp3) is 0.222. The second-order valence-corrected chi connectivity index (χ2v) is 3.77. The summed E-state index contributed by atoms with van der Waals surface area (Å²) in [6.45, 7) is 0. The molecule has 0 atom stereocenters. The molecule has 0 saturated carbocycles. The standard InChI is InChI=1S/C9H8F3NOS/c10-9(11,12)6-3-1-2-4-7(6)15-5-8(13)14/h1-4H,5H2,(H2,13,14). The highest BCUT2D eigenvalue weighted by Crippen LogP contribution is 2.36. The van der Waals surface area contributed by atoms with Gasteiger partial charge < -0.3 is 5.73 Å². The van der Waals surface area contributed by atoms with Crippen LogP contribution in [0.15, 0.2) is 29.2 Å². The zero-order valence-electron chi connectivity index (χ0n) is 7.54. The number of halogens is 3. The normalized spacial score (nSPS) is 11.4. The Morgan fingerprint density at radius 3 is 2.47 bits per heavy atom. The van der Waals surface area contributed by atoms with Crippen molar-refractivity contribution in [2.75, 3.05) is 5.75 Å². The van der Waals surface area contributed by atoms with Gasteiger partial charge in [-0.05, 0) is 12.1 Å². The molecule has 0 saturated heterocycles. The Labute approximate surface area is 88.6 Å². The molecule has 0 aliphatic rings. The second kappa shape index (κ2) is 4.57. The van der Waals surface area contributed by atoms with Crippen LogP contribution in [0.3, 0.4) is 0 Å². The fourth-order valence-electron chi connectivity index (χ4n) is 0.976. The number of carbonyl (C=O) groups excluding carboxylic acids is 1. The summed E-state index contributed by atoms with van der Waals surface area (Å²) in [6, 6.07) is 5.08. The molecule has 2 N–H and O–H groups in total. The first-order valence-corrected chi connectivity index (χ1v) is 4.97. The average molecular weight is 235 g/mol. The van der Waals surface area contributed by atoms with E-state index in [0.717, 1.165) is 17.8 Å². The van der Waals surface area contributed by atoms with E-state index in [4.69, 9.17) is 5.73 Å². The number of primary amides is 1. The number of hydrogen-bond acceptors (Lipinski definition) is 2. The minimum atomic E-state index is -4.40. The van der Waals surface area contributed by atoms with E-state index in [2.05, 4.69) is 0 Å². The van der Waals surface area contributed by atoms with Crippen molar-refractivity contribution in [2.45, 2.75) is 11.1 Å². The van der Waals surface area contributed by atoms with Crippen molar-refractivity contribution >= 4 is 17.7 Å². The van der Waals surface area contributed by atoms with Crippen LogP contribution in [0.1, 0.15) is 5.56 Å². The molecule has 1 amide bonds. The summed E-state index contributed by atoms with van der Waals surface area (Å²) in [6.07, 6.45) is -4.40. The Morgan fingerprint density at radius 2 is 1.93 bits per heavy atom. The van der Waals surface area contributed by atoms with E-state index in [0.29, 0.717) is 0 Å². The van der Waals surface area contributed by atoms with Crippen LogP contribution >= 0.6 is 11.8 Å². The minimum Gasteiger partial charge on any atom is -0.369 e. The van der Waals surface area contributed by atoms with Crippen LogP contribution in [-0.2, 0) is 11.0 Å². The fourth-order valence-corrected chi connectivity index (χ4v) is 1.79. The molecule has 1 aromatic carbocycles. The first kappa shape index (κ1) is 11.9. The Hall–Kier alpha value is -1.17. The smallest absolute Gasteiger partial charge is 0.369 e. The van der Waals surface area contributed by atoms with E-state index in [1.165, 1.54) is 18.2 Å². The van der Waals surface area contributed by atoms with E-state index < -0.39 is 17.6 Å². The van der Waals surface area contributed by atoms with Crippen LogP contribution in [0.4, 0.5) is 13.2 Å². The van der Waals surface area contributed by atoms with Gasteiger partial charge in [-0.2, -0.15) is 13.2 Å². The van der Waals surface area contributed by atoms with Gasteiger partial charge in [-0.15, -0.1) is 11.8 Å². The van der Waals surface area contributed by atoms with Crippen molar-refractivity contribution in [3.8, 4) is 0 Å². The average Bonchev–Trinajstić information content (AvgIpc) is 2.13. The Balaban J connectivity index is 2.92.